The molecule has 0 spiro atoms. The molecule has 2 aromatic rings. The molecule has 188 valence electrons. The van der Waals surface area contributed by atoms with Crippen molar-refractivity contribution in [1.29, 1.82) is 0 Å². The zero-order valence-corrected chi connectivity index (χ0v) is 18.4. The first kappa shape index (κ1) is 26.4. The maximum absolute atomic E-state index is 13.4. The molecule has 2 aromatic carbocycles. The maximum Gasteiger partial charge on any atom is 0.416 e. The summed E-state index contributed by atoms with van der Waals surface area (Å²) in [4.78, 5) is 1.85. The van der Waals surface area contributed by atoms with Gasteiger partial charge in [-0.05, 0) is 55.4 Å². The first-order valence-electron chi connectivity index (χ1n) is 10.5. The van der Waals surface area contributed by atoms with Crippen LogP contribution in [0.4, 0.5) is 30.7 Å². The number of hydrogen-bond donors (Lipinski definition) is 0. The average Bonchev–Trinajstić information content (AvgIpc) is 2.76. The zero-order chi connectivity index (χ0) is 25.1. The molecule has 0 radical (unpaired) electrons. The van der Waals surface area contributed by atoms with Gasteiger partial charge in [0, 0.05) is 13.2 Å². The van der Waals surface area contributed by atoms with Crippen molar-refractivity contribution in [3.63, 3.8) is 0 Å². The molecular weight excluding hydrogens is 471 g/mol. The van der Waals surface area contributed by atoms with Crippen LogP contribution in [-0.2, 0) is 26.6 Å². The van der Waals surface area contributed by atoms with Crippen LogP contribution in [0.2, 0.25) is 0 Å². The van der Waals surface area contributed by atoms with Gasteiger partial charge in [-0.15, -0.1) is 0 Å². The highest BCUT2D eigenvalue weighted by Crippen LogP contribution is 2.39. The number of nitrogens with zero attached hydrogens (tertiary/aromatic N) is 1. The minimum Gasteiger partial charge on any atom is -0.379 e. The van der Waals surface area contributed by atoms with Crippen LogP contribution in [0.3, 0.4) is 0 Å². The topological polar surface area (TPSA) is 30.9 Å². The van der Waals surface area contributed by atoms with E-state index in [1.165, 1.54) is 24.3 Å². The first-order valence-corrected chi connectivity index (χ1v) is 10.5. The summed E-state index contributed by atoms with van der Waals surface area (Å²) in [6.07, 6.45) is -12.3. The van der Waals surface area contributed by atoms with Crippen LogP contribution in [0.1, 0.15) is 41.3 Å². The van der Waals surface area contributed by atoms with Gasteiger partial charge in [-0.2, -0.15) is 26.3 Å². The van der Waals surface area contributed by atoms with Crippen LogP contribution >= 0.6 is 0 Å². The maximum atomic E-state index is 13.4. The fourth-order valence-electron chi connectivity index (χ4n) is 3.70. The summed E-state index contributed by atoms with van der Waals surface area (Å²) in [5, 5.41) is 0. The van der Waals surface area contributed by atoms with Crippen molar-refractivity contribution in [3.05, 3.63) is 70.5 Å². The lowest BCUT2D eigenvalue weighted by Crippen LogP contribution is -2.45. The highest BCUT2D eigenvalue weighted by Gasteiger charge is 2.39. The lowest BCUT2D eigenvalue weighted by atomic mass is 10.0. The molecule has 0 bridgehead atoms. The van der Waals surface area contributed by atoms with Gasteiger partial charge >= 0.3 is 12.4 Å². The van der Waals surface area contributed by atoms with Gasteiger partial charge in [0.25, 0.3) is 0 Å². The summed E-state index contributed by atoms with van der Waals surface area (Å²) in [6, 6.07) is 6.26. The summed E-state index contributed by atoms with van der Waals surface area (Å²) in [5.74, 6) is -0.460. The van der Waals surface area contributed by atoms with E-state index in [2.05, 4.69) is 0 Å². The minimum atomic E-state index is -5.00. The number of likely N-dealkylation sites (N-methyl/N-ethyl adjacent to an activating group) is 1. The van der Waals surface area contributed by atoms with Crippen LogP contribution in [0.25, 0.3) is 0 Å². The van der Waals surface area contributed by atoms with Crippen molar-refractivity contribution in [2.45, 2.75) is 37.7 Å². The molecular formula is C23H24F7NO3. The van der Waals surface area contributed by atoms with E-state index in [0.717, 1.165) is 0 Å². The Balaban J connectivity index is 2.00. The Bertz CT molecular complexity index is 915. The molecule has 3 atom stereocenters. The molecule has 1 fully saturated rings. The third kappa shape index (κ3) is 6.47. The van der Waals surface area contributed by atoms with Crippen molar-refractivity contribution >= 4 is 0 Å². The molecule has 34 heavy (non-hydrogen) atoms. The molecule has 0 saturated carbocycles. The predicted octanol–water partition coefficient (Wildman–Crippen LogP) is 5.99. The first-order chi connectivity index (χ1) is 15.9. The number of rotatable bonds is 7. The Morgan fingerprint density at radius 3 is 2.12 bits per heavy atom. The number of halogens is 7. The Hall–Kier alpha value is -2.21. The predicted molar refractivity (Wildman–Crippen MR) is 108 cm³/mol. The molecule has 3 rings (SSSR count). The molecule has 1 aliphatic heterocycles. The number of benzene rings is 2. The SMILES string of the molecule is CCOC[C@@H](O[C@H]1OCCN(C)[C@H]1c1ccc(F)cc1)c1cc(C(F)(F)F)cc(C(F)(F)F)c1. The highest BCUT2D eigenvalue weighted by molar-refractivity contribution is 5.35. The second-order valence-corrected chi connectivity index (χ2v) is 7.84. The molecule has 0 unspecified atom stereocenters. The third-order valence-electron chi connectivity index (χ3n) is 5.42. The Morgan fingerprint density at radius 1 is 1.00 bits per heavy atom. The number of morpholine rings is 1. The van der Waals surface area contributed by atoms with Gasteiger partial charge in [0.15, 0.2) is 6.29 Å². The van der Waals surface area contributed by atoms with Crippen LogP contribution in [-0.4, -0.2) is 44.6 Å². The highest BCUT2D eigenvalue weighted by atomic mass is 19.4. The largest absolute Gasteiger partial charge is 0.416 e. The normalized spacial score (nSPS) is 21.0. The fourth-order valence-corrected chi connectivity index (χ4v) is 3.70. The quantitative estimate of drug-likeness (QED) is 0.442. The molecule has 0 amide bonds. The van der Waals surface area contributed by atoms with Crippen molar-refractivity contribution in [1.82, 2.24) is 4.90 Å². The smallest absolute Gasteiger partial charge is 0.379 e. The molecule has 1 heterocycles. The van der Waals surface area contributed by atoms with E-state index < -0.39 is 47.7 Å². The summed E-state index contributed by atoms with van der Waals surface area (Å²) < 4.78 is 111. The number of ether oxygens (including phenoxy) is 3. The van der Waals surface area contributed by atoms with Gasteiger partial charge < -0.3 is 14.2 Å². The molecule has 1 saturated heterocycles. The molecule has 0 N–H and O–H groups in total. The molecule has 11 heteroatoms. The number of alkyl halides is 6. The Labute approximate surface area is 192 Å². The van der Waals surface area contributed by atoms with E-state index in [1.807, 2.05) is 4.90 Å². The monoisotopic (exact) mass is 495 g/mol. The van der Waals surface area contributed by atoms with Gasteiger partial charge in [-0.3, -0.25) is 4.90 Å². The van der Waals surface area contributed by atoms with Gasteiger partial charge in [-0.1, -0.05) is 12.1 Å². The lowest BCUT2D eigenvalue weighted by molar-refractivity contribution is -0.235. The standard InChI is InChI=1S/C23H24F7NO3/c1-3-32-13-19(15-10-16(22(25,26)27)12-17(11-15)23(28,29)30)34-21-20(31(2)8-9-33-21)14-4-6-18(24)7-5-14/h4-7,10-12,19-21H,3,8-9,13H2,1-2H3/t19-,20+,21-/m1/s1. The summed E-state index contributed by atoms with van der Waals surface area (Å²) in [5.41, 5.74) is -2.62. The van der Waals surface area contributed by atoms with Crippen LogP contribution in [0, 0.1) is 5.82 Å². The number of hydrogen-bond acceptors (Lipinski definition) is 4. The van der Waals surface area contributed by atoms with E-state index >= 15 is 0 Å². The molecule has 0 aliphatic carbocycles. The van der Waals surface area contributed by atoms with Gasteiger partial charge in [0.1, 0.15) is 11.9 Å². The molecule has 1 aliphatic rings. The fraction of sp³-hybridized carbons (Fsp3) is 0.478. The van der Waals surface area contributed by atoms with E-state index in [-0.39, 0.29) is 31.5 Å². The second kappa shape index (κ2) is 10.6. The molecule has 0 aromatic heterocycles. The Morgan fingerprint density at radius 2 is 1.59 bits per heavy atom. The van der Waals surface area contributed by atoms with Gasteiger partial charge in [-0.25, -0.2) is 4.39 Å². The zero-order valence-electron chi connectivity index (χ0n) is 18.4. The lowest BCUT2D eigenvalue weighted by Gasteiger charge is -2.40. The average molecular weight is 495 g/mol. The summed E-state index contributed by atoms with van der Waals surface area (Å²) in [7, 11) is 1.76. The molecule has 4 nitrogen and oxygen atoms in total. The Kier molecular flexibility index (Phi) is 8.22. The van der Waals surface area contributed by atoms with E-state index in [9.17, 15) is 30.7 Å². The van der Waals surface area contributed by atoms with E-state index in [0.29, 0.717) is 24.2 Å². The van der Waals surface area contributed by atoms with Gasteiger partial charge in [0.2, 0.25) is 0 Å². The van der Waals surface area contributed by atoms with Crippen LogP contribution < -0.4 is 0 Å². The van der Waals surface area contributed by atoms with Crippen molar-refractivity contribution in [3.8, 4) is 0 Å². The summed E-state index contributed by atoms with van der Waals surface area (Å²) in [6.45, 7) is 2.21. The summed E-state index contributed by atoms with van der Waals surface area (Å²) >= 11 is 0. The minimum absolute atomic E-state index is 0.0629. The van der Waals surface area contributed by atoms with E-state index in [4.69, 9.17) is 14.2 Å². The van der Waals surface area contributed by atoms with Crippen LogP contribution in [0.15, 0.2) is 42.5 Å². The van der Waals surface area contributed by atoms with Crippen molar-refractivity contribution in [2.75, 3.05) is 33.4 Å². The second-order valence-electron chi connectivity index (χ2n) is 7.84. The van der Waals surface area contributed by atoms with Crippen molar-refractivity contribution < 1.29 is 44.9 Å². The van der Waals surface area contributed by atoms with Gasteiger partial charge in [0.05, 0.1) is 30.4 Å². The third-order valence-corrected chi connectivity index (χ3v) is 5.42. The van der Waals surface area contributed by atoms with E-state index in [1.54, 1.807) is 14.0 Å². The van der Waals surface area contributed by atoms with Crippen LogP contribution in [0.5, 0.6) is 0 Å². The van der Waals surface area contributed by atoms with Crippen molar-refractivity contribution in [2.24, 2.45) is 0 Å².